The van der Waals surface area contributed by atoms with Crippen molar-refractivity contribution in [3.8, 4) is 11.4 Å². The normalized spacial score (nSPS) is 17.1. The number of nitrogens with zero attached hydrogens (tertiary/aromatic N) is 3. The van der Waals surface area contributed by atoms with Gasteiger partial charge in [0.2, 0.25) is 17.6 Å². The molecule has 30 heavy (non-hydrogen) atoms. The van der Waals surface area contributed by atoms with E-state index in [1.165, 1.54) is 0 Å². The second kappa shape index (κ2) is 9.41. The summed E-state index contributed by atoms with van der Waals surface area (Å²) in [6.45, 7) is 4.62. The van der Waals surface area contributed by atoms with E-state index in [0.29, 0.717) is 36.4 Å². The zero-order valence-corrected chi connectivity index (χ0v) is 17.7. The Balaban J connectivity index is 1.33. The number of carbonyl (C=O) groups is 1. The fraction of sp³-hybridized carbons (Fsp3) is 0.348. The fourth-order valence-electron chi connectivity index (χ4n) is 3.79. The zero-order chi connectivity index (χ0) is 20.9. The number of benzene rings is 2. The average Bonchev–Trinajstić information content (AvgIpc) is 3.22. The minimum Gasteiger partial charge on any atom is -0.352 e. The quantitative estimate of drug-likeness (QED) is 0.641. The lowest BCUT2D eigenvalue weighted by Crippen LogP contribution is -2.42. The molecule has 2 heterocycles. The summed E-state index contributed by atoms with van der Waals surface area (Å²) in [6, 6.07) is 15.6. The number of rotatable bonds is 6. The molecule has 0 aliphatic carbocycles. The van der Waals surface area contributed by atoms with Gasteiger partial charge in [0.25, 0.3) is 0 Å². The second-order valence-electron chi connectivity index (χ2n) is 7.76. The predicted octanol–water partition coefficient (Wildman–Crippen LogP) is 4.23. The molecule has 1 atom stereocenters. The van der Waals surface area contributed by atoms with Crippen LogP contribution in [0, 0.1) is 12.8 Å². The summed E-state index contributed by atoms with van der Waals surface area (Å²) in [7, 11) is 0. The van der Waals surface area contributed by atoms with E-state index in [4.69, 9.17) is 16.1 Å². The van der Waals surface area contributed by atoms with Gasteiger partial charge in [-0.3, -0.25) is 9.69 Å². The summed E-state index contributed by atoms with van der Waals surface area (Å²) in [6.07, 6.45) is 1.84. The topological polar surface area (TPSA) is 71.3 Å². The summed E-state index contributed by atoms with van der Waals surface area (Å²) in [5.74, 6) is 1.18. The molecular formula is C23H25ClN4O2. The highest BCUT2D eigenvalue weighted by Gasteiger charge is 2.27. The van der Waals surface area contributed by atoms with Gasteiger partial charge in [0.05, 0.1) is 12.5 Å². The van der Waals surface area contributed by atoms with Crippen LogP contribution >= 0.6 is 11.6 Å². The Morgan fingerprint density at radius 2 is 2.13 bits per heavy atom. The first-order chi connectivity index (χ1) is 14.6. The number of carbonyl (C=O) groups excluding carboxylic acids is 1. The molecule has 3 aromatic rings. The number of nitrogens with one attached hydrogen (secondary N) is 1. The molecule has 1 fully saturated rings. The largest absolute Gasteiger partial charge is 0.352 e. The molecule has 1 aliphatic rings. The van der Waals surface area contributed by atoms with Crippen molar-refractivity contribution < 1.29 is 9.32 Å². The van der Waals surface area contributed by atoms with E-state index < -0.39 is 0 Å². The van der Waals surface area contributed by atoms with Crippen molar-refractivity contribution in [2.24, 2.45) is 5.92 Å². The van der Waals surface area contributed by atoms with Gasteiger partial charge in [0.15, 0.2) is 0 Å². The number of halogens is 1. The van der Waals surface area contributed by atoms with Crippen LogP contribution in [0.4, 0.5) is 0 Å². The molecule has 1 N–H and O–H groups in total. The van der Waals surface area contributed by atoms with Gasteiger partial charge in [-0.15, -0.1) is 0 Å². The van der Waals surface area contributed by atoms with Crippen LogP contribution in [0.3, 0.4) is 0 Å². The average molecular weight is 425 g/mol. The SMILES string of the molecule is Cc1cccc(-c2noc(CN3CCCC(C(=O)NCc4ccccc4Cl)C3)n2)c1. The second-order valence-corrected chi connectivity index (χ2v) is 8.17. The van der Waals surface area contributed by atoms with E-state index in [2.05, 4.69) is 20.4 Å². The molecule has 4 rings (SSSR count). The first kappa shape index (κ1) is 20.6. The summed E-state index contributed by atoms with van der Waals surface area (Å²) in [5, 5.41) is 7.81. The minimum atomic E-state index is -0.0552. The summed E-state index contributed by atoms with van der Waals surface area (Å²) in [5.41, 5.74) is 3.02. The molecule has 0 bridgehead atoms. The van der Waals surface area contributed by atoms with Gasteiger partial charge in [0, 0.05) is 23.7 Å². The van der Waals surface area contributed by atoms with Crippen molar-refractivity contribution in [3.63, 3.8) is 0 Å². The molecule has 0 saturated carbocycles. The lowest BCUT2D eigenvalue weighted by Gasteiger charge is -2.30. The third kappa shape index (κ3) is 5.07. The molecule has 6 nitrogen and oxygen atoms in total. The van der Waals surface area contributed by atoms with Crippen molar-refractivity contribution in [1.29, 1.82) is 0 Å². The van der Waals surface area contributed by atoms with E-state index >= 15 is 0 Å². The Morgan fingerprint density at radius 3 is 2.97 bits per heavy atom. The Labute approximate surface area is 181 Å². The van der Waals surface area contributed by atoms with Crippen LogP contribution in [0.2, 0.25) is 5.02 Å². The lowest BCUT2D eigenvalue weighted by atomic mass is 9.97. The number of hydrogen-bond acceptors (Lipinski definition) is 5. The monoisotopic (exact) mass is 424 g/mol. The fourth-order valence-corrected chi connectivity index (χ4v) is 4.00. The number of hydrogen-bond donors (Lipinski definition) is 1. The molecule has 0 radical (unpaired) electrons. The summed E-state index contributed by atoms with van der Waals surface area (Å²) < 4.78 is 5.46. The van der Waals surface area contributed by atoms with Crippen LogP contribution in [0.1, 0.15) is 29.9 Å². The zero-order valence-electron chi connectivity index (χ0n) is 17.0. The molecule has 1 aliphatic heterocycles. The van der Waals surface area contributed by atoms with E-state index in [-0.39, 0.29) is 11.8 Å². The Bertz CT molecular complexity index is 1020. The number of amides is 1. The van der Waals surface area contributed by atoms with Crippen LogP contribution < -0.4 is 5.32 Å². The van der Waals surface area contributed by atoms with Crippen molar-refractivity contribution in [3.05, 3.63) is 70.6 Å². The highest BCUT2D eigenvalue weighted by atomic mass is 35.5. The van der Waals surface area contributed by atoms with Crippen LogP contribution in [0.15, 0.2) is 53.1 Å². The molecule has 2 aromatic carbocycles. The molecule has 1 saturated heterocycles. The van der Waals surface area contributed by atoms with Crippen LogP contribution in [-0.2, 0) is 17.9 Å². The van der Waals surface area contributed by atoms with Crippen LogP contribution in [0.5, 0.6) is 0 Å². The highest BCUT2D eigenvalue weighted by molar-refractivity contribution is 6.31. The van der Waals surface area contributed by atoms with E-state index in [9.17, 15) is 4.79 Å². The first-order valence-corrected chi connectivity index (χ1v) is 10.6. The van der Waals surface area contributed by atoms with Gasteiger partial charge < -0.3 is 9.84 Å². The van der Waals surface area contributed by atoms with Crippen LogP contribution in [-0.4, -0.2) is 34.0 Å². The summed E-state index contributed by atoms with van der Waals surface area (Å²) in [4.78, 5) is 19.4. The molecule has 7 heteroatoms. The molecule has 1 amide bonds. The van der Waals surface area contributed by atoms with Crippen molar-refractivity contribution >= 4 is 17.5 Å². The Morgan fingerprint density at radius 1 is 1.27 bits per heavy atom. The maximum atomic E-state index is 12.7. The van der Waals surface area contributed by atoms with E-state index in [1.54, 1.807) is 0 Å². The maximum absolute atomic E-state index is 12.7. The number of likely N-dealkylation sites (tertiary alicyclic amines) is 1. The van der Waals surface area contributed by atoms with Crippen molar-refractivity contribution in [1.82, 2.24) is 20.4 Å². The number of aromatic nitrogens is 2. The van der Waals surface area contributed by atoms with Gasteiger partial charge in [-0.2, -0.15) is 4.98 Å². The highest BCUT2D eigenvalue weighted by Crippen LogP contribution is 2.21. The first-order valence-electron chi connectivity index (χ1n) is 10.2. The predicted molar refractivity (Wildman–Crippen MR) is 116 cm³/mol. The number of piperidine rings is 1. The van der Waals surface area contributed by atoms with Crippen LogP contribution in [0.25, 0.3) is 11.4 Å². The van der Waals surface area contributed by atoms with Crippen molar-refractivity contribution in [2.45, 2.75) is 32.9 Å². The van der Waals surface area contributed by atoms with Crippen molar-refractivity contribution in [2.75, 3.05) is 13.1 Å². The third-order valence-corrected chi connectivity index (χ3v) is 5.76. The maximum Gasteiger partial charge on any atom is 0.241 e. The van der Waals surface area contributed by atoms with Gasteiger partial charge in [0.1, 0.15) is 0 Å². The summed E-state index contributed by atoms with van der Waals surface area (Å²) >= 11 is 6.18. The van der Waals surface area contributed by atoms with Gasteiger partial charge in [-0.1, -0.05) is 58.7 Å². The molecule has 0 spiro atoms. The Hall–Kier alpha value is -2.70. The van der Waals surface area contributed by atoms with Gasteiger partial charge in [-0.05, 0) is 44.0 Å². The lowest BCUT2D eigenvalue weighted by molar-refractivity contribution is -0.127. The van der Waals surface area contributed by atoms with Gasteiger partial charge in [-0.25, -0.2) is 0 Å². The van der Waals surface area contributed by atoms with Gasteiger partial charge >= 0.3 is 0 Å². The minimum absolute atomic E-state index is 0.0552. The van der Waals surface area contributed by atoms with E-state index in [1.807, 2.05) is 55.5 Å². The standard InChI is InChI=1S/C23H25ClN4O2/c1-16-6-4-8-17(12-16)22-26-21(30-27-22)15-28-11-5-9-19(14-28)23(29)25-13-18-7-2-3-10-20(18)24/h2-4,6-8,10,12,19H,5,9,11,13-15H2,1H3,(H,25,29). The Kier molecular flexibility index (Phi) is 6.45. The molecular weight excluding hydrogens is 400 g/mol. The van der Waals surface area contributed by atoms with E-state index in [0.717, 1.165) is 36.1 Å². The molecule has 1 aromatic heterocycles. The molecule has 156 valence electrons. The number of aryl methyl sites for hydroxylation is 1. The smallest absolute Gasteiger partial charge is 0.241 e. The molecule has 1 unspecified atom stereocenters. The third-order valence-electron chi connectivity index (χ3n) is 5.39.